The molecule has 98 valence electrons. The first kappa shape index (κ1) is 12.7. The van der Waals surface area contributed by atoms with Gasteiger partial charge in [0.15, 0.2) is 5.82 Å². The highest BCUT2D eigenvalue weighted by molar-refractivity contribution is 5.84. The van der Waals surface area contributed by atoms with E-state index in [0.29, 0.717) is 23.9 Å². The number of carboxylic acid groups (broad SMARTS) is 1. The number of tetrazole rings is 1. The lowest BCUT2D eigenvalue weighted by Crippen LogP contribution is -2.04. The lowest BCUT2D eigenvalue weighted by molar-refractivity contribution is -0.131. The molecule has 7 heteroatoms. The summed E-state index contributed by atoms with van der Waals surface area (Å²) in [6.07, 6.45) is 2.30. The summed E-state index contributed by atoms with van der Waals surface area (Å²) < 4.78 is 6.91. The molecule has 0 aliphatic heterocycles. The van der Waals surface area contributed by atoms with Crippen molar-refractivity contribution < 1.29 is 14.6 Å². The van der Waals surface area contributed by atoms with Crippen LogP contribution in [0.4, 0.5) is 0 Å². The molecule has 0 saturated carbocycles. The normalized spacial score (nSPS) is 10.8. The second-order valence-electron chi connectivity index (χ2n) is 3.52. The zero-order valence-electron chi connectivity index (χ0n) is 10.2. The van der Waals surface area contributed by atoms with Gasteiger partial charge in [-0.25, -0.2) is 4.79 Å². The largest absolute Gasteiger partial charge is 0.492 e. The first-order valence-electron chi connectivity index (χ1n) is 5.64. The number of carbonyl (C=O) groups is 1. The van der Waals surface area contributed by atoms with Crippen LogP contribution in [0.1, 0.15) is 12.7 Å². The molecule has 2 aromatic rings. The maximum absolute atomic E-state index is 10.5. The van der Waals surface area contributed by atoms with Crippen LogP contribution in [-0.4, -0.2) is 37.9 Å². The van der Waals surface area contributed by atoms with Crippen LogP contribution in [0.3, 0.4) is 0 Å². The third-order valence-electron chi connectivity index (χ3n) is 2.26. The van der Waals surface area contributed by atoms with E-state index in [0.717, 1.165) is 6.08 Å². The minimum atomic E-state index is -1.06. The third-order valence-corrected chi connectivity index (χ3v) is 2.26. The number of benzene rings is 1. The van der Waals surface area contributed by atoms with Gasteiger partial charge in [0.2, 0.25) is 0 Å². The van der Waals surface area contributed by atoms with Gasteiger partial charge in [-0.3, -0.25) is 0 Å². The molecule has 1 heterocycles. The van der Waals surface area contributed by atoms with E-state index in [2.05, 4.69) is 15.5 Å². The predicted molar refractivity (Wildman–Crippen MR) is 67.0 cm³/mol. The van der Waals surface area contributed by atoms with Crippen molar-refractivity contribution >= 4 is 12.0 Å². The number of aromatic nitrogens is 4. The summed E-state index contributed by atoms with van der Waals surface area (Å²) in [5.74, 6) is -0.121. The van der Waals surface area contributed by atoms with Gasteiger partial charge < -0.3 is 9.84 Å². The van der Waals surface area contributed by atoms with Crippen LogP contribution in [0.15, 0.2) is 30.3 Å². The van der Waals surface area contributed by atoms with E-state index in [9.17, 15) is 4.79 Å². The molecule has 7 nitrogen and oxygen atoms in total. The Kier molecular flexibility index (Phi) is 3.87. The Labute approximate surface area is 109 Å². The van der Waals surface area contributed by atoms with Gasteiger partial charge in [0.1, 0.15) is 11.4 Å². The molecule has 0 atom stereocenters. The zero-order chi connectivity index (χ0) is 13.7. The van der Waals surface area contributed by atoms with Gasteiger partial charge in [-0.15, -0.1) is 5.10 Å². The van der Waals surface area contributed by atoms with E-state index in [1.807, 2.05) is 19.1 Å². The predicted octanol–water partition coefficient (Wildman–Crippen LogP) is 1.16. The molecule has 1 N–H and O–H groups in total. The van der Waals surface area contributed by atoms with Crippen molar-refractivity contribution in [3.05, 3.63) is 36.2 Å². The number of hydrogen-bond donors (Lipinski definition) is 1. The highest BCUT2D eigenvalue weighted by Gasteiger charge is 2.10. The number of para-hydroxylation sites is 2. The molecule has 1 aromatic heterocycles. The Morgan fingerprint density at radius 3 is 3.00 bits per heavy atom. The summed E-state index contributed by atoms with van der Waals surface area (Å²) in [6, 6.07) is 7.25. The Balaban J connectivity index is 2.42. The Hall–Kier alpha value is -2.70. The summed E-state index contributed by atoms with van der Waals surface area (Å²) in [5, 5.41) is 19.8. The van der Waals surface area contributed by atoms with E-state index >= 15 is 0 Å². The van der Waals surface area contributed by atoms with Crippen LogP contribution < -0.4 is 4.74 Å². The minimum absolute atomic E-state index is 0.314. The van der Waals surface area contributed by atoms with Crippen LogP contribution in [0.2, 0.25) is 0 Å². The number of rotatable bonds is 5. The summed E-state index contributed by atoms with van der Waals surface area (Å²) in [7, 11) is 0. The SMILES string of the molecule is CCOc1ccccc1-n1nnnc1/C=C/C(=O)O. The van der Waals surface area contributed by atoms with E-state index in [1.165, 1.54) is 10.8 Å². The van der Waals surface area contributed by atoms with Crippen molar-refractivity contribution in [3.8, 4) is 11.4 Å². The van der Waals surface area contributed by atoms with Crippen molar-refractivity contribution in [2.75, 3.05) is 6.61 Å². The van der Waals surface area contributed by atoms with Crippen LogP contribution >= 0.6 is 0 Å². The van der Waals surface area contributed by atoms with Gasteiger partial charge in [0.25, 0.3) is 0 Å². The molecule has 0 spiro atoms. The Morgan fingerprint density at radius 2 is 2.26 bits per heavy atom. The monoisotopic (exact) mass is 260 g/mol. The lowest BCUT2D eigenvalue weighted by Gasteiger charge is -2.09. The molecule has 0 saturated heterocycles. The number of nitrogens with zero attached hydrogens (tertiary/aromatic N) is 4. The fourth-order valence-electron chi connectivity index (χ4n) is 1.53. The van der Waals surface area contributed by atoms with Gasteiger partial charge in [-0.2, -0.15) is 4.68 Å². The highest BCUT2D eigenvalue weighted by Crippen LogP contribution is 2.22. The number of hydrogen-bond acceptors (Lipinski definition) is 5. The molecule has 0 aliphatic rings. The van der Waals surface area contributed by atoms with Crippen molar-refractivity contribution in [1.82, 2.24) is 20.2 Å². The van der Waals surface area contributed by atoms with E-state index in [1.54, 1.807) is 12.1 Å². The maximum atomic E-state index is 10.5. The van der Waals surface area contributed by atoms with Crippen LogP contribution in [0.5, 0.6) is 5.75 Å². The van der Waals surface area contributed by atoms with Gasteiger partial charge in [-0.1, -0.05) is 12.1 Å². The summed E-state index contributed by atoms with van der Waals surface area (Å²) in [4.78, 5) is 10.5. The van der Waals surface area contributed by atoms with Crippen LogP contribution in [-0.2, 0) is 4.79 Å². The van der Waals surface area contributed by atoms with Gasteiger partial charge >= 0.3 is 5.97 Å². The van der Waals surface area contributed by atoms with Crippen molar-refractivity contribution in [1.29, 1.82) is 0 Å². The summed E-state index contributed by atoms with van der Waals surface area (Å²) in [6.45, 7) is 2.39. The zero-order valence-corrected chi connectivity index (χ0v) is 10.2. The van der Waals surface area contributed by atoms with E-state index in [-0.39, 0.29) is 0 Å². The molecule has 0 aliphatic carbocycles. The fraction of sp³-hybridized carbons (Fsp3) is 0.167. The molecular formula is C12H12N4O3. The summed E-state index contributed by atoms with van der Waals surface area (Å²) in [5.41, 5.74) is 0.652. The highest BCUT2D eigenvalue weighted by atomic mass is 16.5. The molecule has 0 unspecified atom stereocenters. The number of ether oxygens (including phenoxy) is 1. The van der Waals surface area contributed by atoms with E-state index < -0.39 is 5.97 Å². The second kappa shape index (κ2) is 5.76. The number of carboxylic acids is 1. The minimum Gasteiger partial charge on any atom is -0.492 e. The van der Waals surface area contributed by atoms with Crippen molar-refractivity contribution in [2.45, 2.75) is 6.92 Å². The maximum Gasteiger partial charge on any atom is 0.328 e. The third kappa shape index (κ3) is 2.95. The molecule has 2 rings (SSSR count). The molecule has 0 radical (unpaired) electrons. The van der Waals surface area contributed by atoms with Gasteiger partial charge in [0.05, 0.1) is 6.61 Å². The Morgan fingerprint density at radius 1 is 1.47 bits per heavy atom. The van der Waals surface area contributed by atoms with Crippen molar-refractivity contribution in [3.63, 3.8) is 0 Å². The standard InChI is InChI=1S/C12H12N4O3/c1-2-19-10-6-4-3-5-9(10)16-11(13-14-15-16)7-8-12(17)18/h3-8H,2H2,1H3,(H,17,18)/b8-7+. The topological polar surface area (TPSA) is 90.1 Å². The molecule has 19 heavy (non-hydrogen) atoms. The molecule has 1 aromatic carbocycles. The molecule has 0 amide bonds. The fourth-order valence-corrected chi connectivity index (χ4v) is 1.53. The number of aliphatic carboxylic acids is 1. The first-order chi connectivity index (χ1) is 9.22. The molecular weight excluding hydrogens is 248 g/mol. The van der Waals surface area contributed by atoms with Gasteiger partial charge in [0, 0.05) is 6.08 Å². The van der Waals surface area contributed by atoms with Crippen LogP contribution in [0, 0.1) is 0 Å². The lowest BCUT2D eigenvalue weighted by atomic mass is 10.3. The summed E-state index contributed by atoms with van der Waals surface area (Å²) >= 11 is 0. The van der Waals surface area contributed by atoms with Crippen molar-refractivity contribution in [2.24, 2.45) is 0 Å². The van der Waals surface area contributed by atoms with Crippen LogP contribution in [0.25, 0.3) is 11.8 Å². The molecule has 0 fully saturated rings. The first-order valence-corrected chi connectivity index (χ1v) is 5.64. The average molecular weight is 260 g/mol. The molecule has 0 bridgehead atoms. The Bertz CT molecular complexity index is 607. The average Bonchev–Trinajstić information content (AvgIpc) is 2.85. The quantitative estimate of drug-likeness (QED) is 0.811. The van der Waals surface area contributed by atoms with Gasteiger partial charge in [-0.05, 0) is 35.6 Å². The smallest absolute Gasteiger partial charge is 0.328 e. The second-order valence-corrected chi connectivity index (χ2v) is 3.52. The van der Waals surface area contributed by atoms with E-state index in [4.69, 9.17) is 9.84 Å².